The average Bonchev–Trinajstić information content (AvgIpc) is 3.27. The number of hydrogen-bond acceptors (Lipinski definition) is 3. The van der Waals surface area contributed by atoms with Crippen molar-refractivity contribution in [2.24, 2.45) is 0 Å². The number of imidazole rings is 1. The van der Waals surface area contributed by atoms with Crippen LogP contribution in [0.3, 0.4) is 0 Å². The summed E-state index contributed by atoms with van der Waals surface area (Å²) >= 11 is 3.53. The smallest absolute Gasteiger partial charge is 0.136 e. The van der Waals surface area contributed by atoms with Crippen LogP contribution in [0.4, 0.5) is 0 Å². The van der Waals surface area contributed by atoms with E-state index in [1.165, 1.54) is 18.4 Å². The highest BCUT2D eigenvalue weighted by atomic mass is 79.9. The second kappa shape index (κ2) is 5.71. The topological polar surface area (TPSA) is 39.1 Å². The molecule has 1 aromatic carbocycles. The Morgan fingerprint density at radius 2 is 2.05 bits per heavy atom. The van der Waals surface area contributed by atoms with E-state index in [0.29, 0.717) is 18.8 Å². The van der Waals surface area contributed by atoms with E-state index < -0.39 is 0 Å². The largest absolute Gasteiger partial charge is 0.370 e. The Bertz CT molecular complexity index is 644. The highest BCUT2D eigenvalue weighted by Crippen LogP contribution is 2.39. The number of fused-ring (bicyclic) bond motifs is 1. The molecule has 2 heterocycles. The Morgan fingerprint density at radius 1 is 1.24 bits per heavy atom. The van der Waals surface area contributed by atoms with Crippen LogP contribution in [-0.2, 0) is 11.3 Å². The first-order chi connectivity index (χ1) is 10.3. The second-order valence-corrected chi connectivity index (χ2v) is 6.94. The number of hydrogen-bond donors (Lipinski definition) is 1. The second-order valence-electron chi connectivity index (χ2n) is 6.02. The number of rotatable bonds is 4. The van der Waals surface area contributed by atoms with Crippen molar-refractivity contribution in [3.8, 4) is 0 Å². The van der Waals surface area contributed by atoms with Crippen LogP contribution in [0.5, 0.6) is 0 Å². The van der Waals surface area contributed by atoms with Gasteiger partial charge in [0.25, 0.3) is 0 Å². The Morgan fingerprint density at radius 3 is 2.81 bits per heavy atom. The van der Waals surface area contributed by atoms with Crippen molar-refractivity contribution in [2.75, 3.05) is 13.1 Å². The van der Waals surface area contributed by atoms with Crippen molar-refractivity contribution in [3.05, 3.63) is 28.5 Å². The molecule has 112 valence electrons. The highest BCUT2D eigenvalue weighted by Gasteiger charge is 2.28. The van der Waals surface area contributed by atoms with Crippen LogP contribution in [0.2, 0.25) is 0 Å². The summed E-state index contributed by atoms with van der Waals surface area (Å²) in [7, 11) is 0. The third-order valence-electron chi connectivity index (χ3n) is 4.37. The van der Waals surface area contributed by atoms with Crippen LogP contribution in [0.15, 0.2) is 22.7 Å². The molecule has 1 N–H and O–H groups in total. The number of aromatic nitrogens is 2. The van der Waals surface area contributed by atoms with E-state index in [1.807, 2.05) is 0 Å². The van der Waals surface area contributed by atoms with Crippen molar-refractivity contribution >= 4 is 27.0 Å². The first-order valence-corrected chi connectivity index (χ1v) is 8.59. The molecule has 2 fully saturated rings. The number of piperidine rings is 1. The van der Waals surface area contributed by atoms with Gasteiger partial charge in [0.2, 0.25) is 0 Å². The minimum absolute atomic E-state index is 0.380. The molecule has 2 aromatic rings. The predicted octanol–water partition coefficient (Wildman–Crippen LogP) is 3.40. The van der Waals surface area contributed by atoms with Gasteiger partial charge in [-0.1, -0.05) is 15.9 Å². The molecule has 1 aromatic heterocycles. The zero-order valence-electron chi connectivity index (χ0n) is 12.0. The number of benzene rings is 1. The van der Waals surface area contributed by atoms with Crippen LogP contribution in [0.25, 0.3) is 11.0 Å². The Labute approximate surface area is 133 Å². The van der Waals surface area contributed by atoms with Crippen molar-refractivity contribution in [2.45, 2.75) is 44.4 Å². The van der Waals surface area contributed by atoms with E-state index in [9.17, 15) is 0 Å². The van der Waals surface area contributed by atoms with E-state index in [0.717, 1.165) is 41.7 Å². The predicted molar refractivity (Wildman–Crippen MR) is 86.4 cm³/mol. The molecule has 2 aliphatic rings. The van der Waals surface area contributed by atoms with Crippen molar-refractivity contribution < 1.29 is 4.74 Å². The van der Waals surface area contributed by atoms with Crippen LogP contribution in [0.1, 0.15) is 37.5 Å². The maximum atomic E-state index is 6.11. The minimum Gasteiger partial charge on any atom is -0.370 e. The lowest BCUT2D eigenvalue weighted by Gasteiger charge is -2.23. The summed E-state index contributed by atoms with van der Waals surface area (Å²) in [5.74, 6) is 1.09. The molecular formula is C16H20BrN3O. The Hall–Kier alpha value is -0.910. The van der Waals surface area contributed by atoms with Crippen LogP contribution in [0, 0.1) is 0 Å². The third kappa shape index (κ3) is 2.87. The summed E-state index contributed by atoms with van der Waals surface area (Å²) in [6, 6.07) is 6.99. The van der Waals surface area contributed by atoms with Gasteiger partial charge in [0.15, 0.2) is 0 Å². The molecule has 21 heavy (non-hydrogen) atoms. The molecule has 4 rings (SSSR count). The standard InChI is InChI=1S/C16H20BrN3O/c17-11-1-4-15-14(9-11)19-16(20(15)12-2-3-12)10-21-13-5-7-18-8-6-13/h1,4,9,12-13,18H,2-3,5-8,10H2. The van der Waals surface area contributed by atoms with Gasteiger partial charge in [-0.25, -0.2) is 4.98 Å². The van der Waals surface area contributed by atoms with E-state index in [1.54, 1.807) is 0 Å². The lowest BCUT2D eigenvalue weighted by molar-refractivity contribution is 0.0166. The van der Waals surface area contributed by atoms with E-state index >= 15 is 0 Å². The summed E-state index contributed by atoms with van der Waals surface area (Å²) < 4.78 is 9.59. The van der Waals surface area contributed by atoms with Gasteiger partial charge in [0.05, 0.1) is 17.1 Å². The minimum atomic E-state index is 0.380. The average molecular weight is 350 g/mol. The van der Waals surface area contributed by atoms with E-state index in [2.05, 4.69) is 44.0 Å². The first-order valence-electron chi connectivity index (χ1n) is 7.80. The molecule has 1 aliphatic heterocycles. The Balaban J connectivity index is 1.59. The zero-order chi connectivity index (χ0) is 14.2. The van der Waals surface area contributed by atoms with Crippen molar-refractivity contribution in [1.29, 1.82) is 0 Å². The van der Waals surface area contributed by atoms with E-state index in [4.69, 9.17) is 9.72 Å². The molecule has 4 nitrogen and oxygen atoms in total. The third-order valence-corrected chi connectivity index (χ3v) is 4.86. The van der Waals surface area contributed by atoms with Crippen molar-refractivity contribution in [3.63, 3.8) is 0 Å². The molecule has 0 unspecified atom stereocenters. The number of halogens is 1. The SMILES string of the molecule is Brc1ccc2c(c1)nc(COC1CCNCC1)n2C1CC1. The lowest BCUT2D eigenvalue weighted by atomic mass is 10.1. The molecular weight excluding hydrogens is 330 g/mol. The van der Waals surface area contributed by atoms with Gasteiger partial charge >= 0.3 is 0 Å². The molecule has 1 saturated heterocycles. The number of nitrogens with one attached hydrogen (secondary N) is 1. The molecule has 0 radical (unpaired) electrons. The molecule has 5 heteroatoms. The fourth-order valence-corrected chi connectivity index (χ4v) is 3.47. The summed E-state index contributed by atoms with van der Waals surface area (Å²) in [6.07, 6.45) is 5.12. The molecule has 0 bridgehead atoms. The quantitative estimate of drug-likeness (QED) is 0.919. The summed E-state index contributed by atoms with van der Waals surface area (Å²) in [5.41, 5.74) is 2.31. The lowest BCUT2D eigenvalue weighted by Crippen LogP contribution is -2.32. The number of nitrogens with zero attached hydrogens (tertiary/aromatic N) is 2. The monoisotopic (exact) mass is 349 g/mol. The van der Waals surface area contributed by atoms with Crippen LogP contribution in [-0.4, -0.2) is 28.7 Å². The van der Waals surface area contributed by atoms with Gasteiger partial charge in [0, 0.05) is 10.5 Å². The first kappa shape index (κ1) is 13.7. The molecule has 0 amide bonds. The molecule has 0 spiro atoms. The van der Waals surface area contributed by atoms with Gasteiger partial charge in [-0.15, -0.1) is 0 Å². The fourth-order valence-electron chi connectivity index (χ4n) is 3.12. The van der Waals surface area contributed by atoms with Gasteiger partial charge in [-0.05, 0) is 57.0 Å². The normalized spacial score (nSPS) is 20.2. The van der Waals surface area contributed by atoms with E-state index in [-0.39, 0.29) is 0 Å². The fraction of sp³-hybridized carbons (Fsp3) is 0.562. The molecule has 0 atom stereocenters. The molecule has 1 saturated carbocycles. The Kier molecular flexibility index (Phi) is 3.73. The summed E-state index contributed by atoms with van der Waals surface area (Å²) in [4.78, 5) is 4.81. The maximum absolute atomic E-state index is 6.11. The van der Waals surface area contributed by atoms with Crippen LogP contribution < -0.4 is 5.32 Å². The van der Waals surface area contributed by atoms with Gasteiger partial charge < -0.3 is 14.6 Å². The van der Waals surface area contributed by atoms with Gasteiger partial charge in [-0.2, -0.15) is 0 Å². The van der Waals surface area contributed by atoms with Gasteiger partial charge in [0.1, 0.15) is 12.4 Å². The highest BCUT2D eigenvalue weighted by molar-refractivity contribution is 9.10. The number of ether oxygens (including phenoxy) is 1. The van der Waals surface area contributed by atoms with Gasteiger partial charge in [-0.3, -0.25) is 0 Å². The summed E-state index contributed by atoms with van der Waals surface area (Å²) in [5, 5.41) is 3.37. The van der Waals surface area contributed by atoms with Crippen molar-refractivity contribution in [1.82, 2.24) is 14.9 Å². The zero-order valence-corrected chi connectivity index (χ0v) is 13.6. The summed E-state index contributed by atoms with van der Waals surface area (Å²) in [6.45, 7) is 2.76. The molecule has 1 aliphatic carbocycles. The van der Waals surface area contributed by atoms with Crippen LogP contribution >= 0.6 is 15.9 Å². The maximum Gasteiger partial charge on any atom is 0.136 e.